The van der Waals surface area contributed by atoms with Gasteiger partial charge in [-0.1, -0.05) is 6.07 Å². The molecule has 0 saturated carbocycles. The number of benzene rings is 1. The Morgan fingerprint density at radius 2 is 2.00 bits per heavy atom. The van der Waals surface area contributed by atoms with E-state index in [-0.39, 0.29) is 0 Å². The largest absolute Gasteiger partial charge is 0.399 e. The second-order valence-corrected chi connectivity index (χ2v) is 3.40. The van der Waals surface area contributed by atoms with Gasteiger partial charge in [0.05, 0.1) is 11.3 Å². The van der Waals surface area contributed by atoms with Crippen molar-refractivity contribution in [3.63, 3.8) is 0 Å². The molecule has 0 fully saturated rings. The molecule has 5 nitrogen and oxygen atoms in total. The van der Waals surface area contributed by atoms with Crippen molar-refractivity contribution in [2.45, 2.75) is 0 Å². The predicted octanol–water partition coefficient (Wildman–Crippen LogP) is 1.22. The van der Waals surface area contributed by atoms with Crippen molar-refractivity contribution in [2.24, 2.45) is 10.7 Å². The molecule has 1 aromatic carbocycles. The molecule has 5 heteroatoms. The van der Waals surface area contributed by atoms with Crippen LogP contribution >= 0.6 is 0 Å². The Balaban J connectivity index is 2.35. The number of nitrogens with two attached hydrogens (primary N) is 3. The lowest BCUT2D eigenvalue weighted by Crippen LogP contribution is -2.13. The summed E-state index contributed by atoms with van der Waals surface area (Å²) >= 11 is 0. The minimum absolute atomic E-state index is 0.365. The fraction of sp³-hybridized carbons (Fsp3) is 0. The number of hydrogen-bond donors (Lipinski definition) is 4. The molecule has 16 heavy (non-hydrogen) atoms. The van der Waals surface area contributed by atoms with E-state index in [0.29, 0.717) is 28.6 Å². The van der Waals surface area contributed by atoms with Gasteiger partial charge in [0.15, 0.2) is 0 Å². The molecule has 0 saturated heterocycles. The van der Waals surface area contributed by atoms with Crippen LogP contribution in [-0.4, -0.2) is 10.8 Å². The first kappa shape index (κ1) is 10.1. The molecular weight excluding hydrogens is 202 g/mol. The van der Waals surface area contributed by atoms with E-state index in [4.69, 9.17) is 17.2 Å². The van der Waals surface area contributed by atoms with Crippen LogP contribution in [0, 0.1) is 0 Å². The maximum absolute atomic E-state index is 5.83. The molecule has 7 N–H and O–H groups in total. The van der Waals surface area contributed by atoms with Crippen molar-refractivity contribution >= 4 is 23.0 Å². The van der Waals surface area contributed by atoms with Crippen LogP contribution in [0.5, 0.6) is 0 Å². The molecule has 0 bridgehead atoms. The van der Waals surface area contributed by atoms with Gasteiger partial charge in [-0.2, -0.15) is 0 Å². The molecule has 2 aromatic rings. The van der Waals surface area contributed by atoms with Crippen molar-refractivity contribution in [2.75, 3.05) is 11.5 Å². The number of aromatic nitrogens is 1. The van der Waals surface area contributed by atoms with Gasteiger partial charge in [0.2, 0.25) is 0 Å². The number of hydrogen-bond acceptors (Lipinski definition) is 3. The number of rotatable bonds is 2. The lowest BCUT2D eigenvalue weighted by molar-refractivity contribution is 1.40. The van der Waals surface area contributed by atoms with E-state index in [9.17, 15) is 0 Å². The molecule has 2 rings (SSSR count). The molecule has 0 aliphatic heterocycles. The van der Waals surface area contributed by atoms with E-state index in [2.05, 4.69) is 9.98 Å². The lowest BCUT2D eigenvalue weighted by Gasteiger charge is -2.00. The van der Waals surface area contributed by atoms with Crippen molar-refractivity contribution in [3.8, 4) is 0 Å². The molecule has 0 unspecified atom stereocenters. The molecule has 1 heterocycles. The summed E-state index contributed by atoms with van der Waals surface area (Å²) in [5, 5.41) is 0. The molecule has 82 valence electrons. The standard InChI is InChI=1S/C11H13N5/c12-7-2-1-3-8(6-7)16-11(14)9-4-5-15-10(9)13/h1-6,15H,12-13H2,(H2,14,16). The minimum Gasteiger partial charge on any atom is -0.399 e. The first-order valence-electron chi connectivity index (χ1n) is 4.80. The van der Waals surface area contributed by atoms with Crippen molar-refractivity contribution in [3.05, 3.63) is 42.1 Å². The number of amidine groups is 1. The third kappa shape index (κ3) is 1.98. The maximum Gasteiger partial charge on any atom is 0.135 e. The zero-order valence-electron chi connectivity index (χ0n) is 8.64. The summed E-state index contributed by atoms with van der Waals surface area (Å²) in [5.41, 5.74) is 19.2. The van der Waals surface area contributed by atoms with Crippen LogP contribution in [0.2, 0.25) is 0 Å². The molecule has 0 spiro atoms. The highest BCUT2D eigenvalue weighted by Gasteiger charge is 2.04. The summed E-state index contributed by atoms with van der Waals surface area (Å²) in [6, 6.07) is 8.96. The van der Waals surface area contributed by atoms with Crippen LogP contribution in [0.15, 0.2) is 41.5 Å². The SMILES string of the molecule is NC(=Nc1cccc(N)c1)c1cc[nH]c1N. The Morgan fingerprint density at radius 3 is 2.62 bits per heavy atom. The van der Waals surface area contributed by atoms with Gasteiger partial charge in [-0.3, -0.25) is 0 Å². The maximum atomic E-state index is 5.83. The first-order valence-corrected chi connectivity index (χ1v) is 4.80. The van der Waals surface area contributed by atoms with E-state index in [1.807, 2.05) is 12.1 Å². The zero-order chi connectivity index (χ0) is 11.5. The van der Waals surface area contributed by atoms with Gasteiger partial charge in [-0.15, -0.1) is 0 Å². The van der Waals surface area contributed by atoms with Crippen LogP contribution in [-0.2, 0) is 0 Å². The summed E-state index contributed by atoms with van der Waals surface area (Å²) in [6.45, 7) is 0. The van der Waals surface area contributed by atoms with Crippen LogP contribution in [0.3, 0.4) is 0 Å². The molecule has 0 radical (unpaired) electrons. The summed E-state index contributed by atoms with van der Waals surface area (Å²) < 4.78 is 0. The van der Waals surface area contributed by atoms with Crippen LogP contribution in [0.1, 0.15) is 5.56 Å². The lowest BCUT2D eigenvalue weighted by atomic mass is 10.2. The Morgan fingerprint density at radius 1 is 1.19 bits per heavy atom. The first-order chi connectivity index (χ1) is 7.66. The number of nitrogens with one attached hydrogen (secondary N) is 1. The third-order valence-corrected chi connectivity index (χ3v) is 2.17. The zero-order valence-corrected chi connectivity index (χ0v) is 8.64. The molecule has 0 atom stereocenters. The van der Waals surface area contributed by atoms with E-state index in [1.165, 1.54) is 0 Å². The van der Waals surface area contributed by atoms with E-state index < -0.39 is 0 Å². The Labute approximate surface area is 93.0 Å². The van der Waals surface area contributed by atoms with Crippen molar-refractivity contribution < 1.29 is 0 Å². The van der Waals surface area contributed by atoms with Crippen LogP contribution in [0.4, 0.5) is 17.2 Å². The highest BCUT2D eigenvalue weighted by Crippen LogP contribution is 2.17. The number of H-pyrrole nitrogens is 1. The average Bonchev–Trinajstić information content (AvgIpc) is 2.64. The fourth-order valence-electron chi connectivity index (χ4n) is 1.40. The smallest absolute Gasteiger partial charge is 0.135 e. The monoisotopic (exact) mass is 215 g/mol. The minimum atomic E-state index is 0.365. The highest BCUT2D eigenvalue weighted by atomic mass is 14.9. The highest BCUT2D eigenvalue weighted by molar-refractivity contribution is 6.02. The molecular formula is C11H13N5. The van der Waals surface area contributed by atoms with E-state index in [0.717, 1.165) is 0 Å². The number of anilines is 2. The third-order valence-electron chi connectivity index (χ3n) is 2.17. The number of aliphatic imine (C=N–C) groups is 1. The second-order valence-electron chi connectivity index (χ2n) is 3.40. The van der Waals surface area contributed by atoms with Crippen molar-refractivity contribution in [1.82, 2.24) is 4.98 Å². The van der Waals surface area contributed by atoms with Crippen LogP contribution in [0.25, 0.3) is 0 Å². The molecule has 0 aliphatic carbocycles. The summed E-state index contributed by atoms with van der Waals surface area (Å²) in [7, 11) is 0. The summed E-state index contributed by atoms with van der Waals surface area (Å²) in [5.74, 6) is 0.870. The molecule has 1 aromatic heterocycles. The Bertz CT molecular complexity index is 527. The quantitative estimate of drug-likeness (QED) is 0.343. The van der Waals surface area contributed by atoms with Gasteiger partial charge in [0, 0.05) is 11.9 Å². The van der Waals surface area contributed by atoms with E-state index >= 15 is 0 Å². The Hall–Kier alpha value is -2.43. The predicted molar refractivity (Wildman–Crippen MR) is 66.4 cm³/mol. The number of nitrogens with zero attached hydrogens (tertiary/aromatic N) is 1. The van der Waals surface area contributed by atoms with E-state index in [1.54, 1.807) is 24.4 Å². The number of aromatic amines is 1. The van der Waals surface area contributed by atoms with Gasteiger partial charge in [0.1, 0.15) is 11.7 Å². The summed E-state index contributed by atoms with van der Waals surface area (Å²) in [6.07, 6.45) is 1.71. The van der Waals surface area contributed by atoms with Crippen LogP contribution < -0.4 is 17.2 Å². The van der Waals surface area contributed by atoms with Gasteiger partial charge < -0.3 is 22.2 Å². The van der Waals surface area contributed by atoms with Crippen molar-refractivity contribution in [1.29, 1.82) is 0 Å². The fourth-order valence-corrected chi connectivity index (χ4v) is 1.40. The number of nitrogen functional groups attached to an aromatic ring is 2. The van der Waals surface area contributed by atoms with Gasteiger partial charge in [0.25, 0.3) is 0 Å². The topological polar surface area (TPSA) is 106 Å². The average molecular weight is 215 g/mol. The molecule has 0 amide bonds. The second kappa shape index (κ2) is 3.98. The molecule has 0 aliphatic rings. The Kier molecular flexibility index (Phi) is 2.51. The summed E-state index contributed by atoms with van der Waals surface area (Å²) in [4.78, 5) is 7.08. The normalized spacial score (nSPS) is 11.6. The van der Waals surface area contributed by atoms with Gasteiger partial charge in [-0.25, -0.2) is 4.99 Å². The van der Waals surface area contributed by atoms with Gasteiger partial charge in [-0.05, 0) is 24.3 Å². The van der Waals surface area contributed by atoms with Gasteiger partial charge >= 0.3 is 0 Å².